The van der Waals surface area contributed by atoms with Crippen LogP contribution in [0, 0.1) is 6.92 Å². The molecule has 0 unspecified atom stereocenters. The number of hydrogen-bond acceptors (Lipinski definition) is 3. The number of aromatic carboxylic acids is 1. The maximum atomic E-state index is 10.8. The van der Waals surface area contributed by atoms with Crippen LogP contribution in [-0.4, -0.2) is 30.4 Å². The number of nitrogens with zero attached hydrogens (tertiary/aromatic N) is 4. The van der Waals surface area contributed by atoms with Crippen molar-refractivity contribution >= 4 is 5.97 Å². The molecule has 0 fully saturated rings. The average molecular weight is 220 g/mol. The second-order valence-corrected chi connectivity index (χ2v) is 3.50. The van der Waals surface area contributed by atoms with Gasteiger partial charge in [0.2, 0.25) is 0 Å². The number of carbonyl (C=O) groups is 1. The van der Waals surface area contributed by atoms with Gasteiger partial charge in [0, 0.05) is 25.1 Å². The third-order valence-electron chi connectivity index (χ3n) is 2.32. The van der Waals surface area contributed by atoms with E-state index in [-0.39, 0.29) is 5.56 Å². The van der Waals surface area contributed by atoms with Crippen molar-refractivity contribution in [2.24, 2.45) is 0 Å². The summed E-state index contributed by atoms with van der Waals surface area (Å²) in [5, 5.41) is 13.0. The van der Waals surface area contributed by atoms with Crippen molar-refractivity contribution in [1.29, 1.82) is 0 Å². The minimum Gasteiger partial charge on any atom is -0.478 e. The zero-order valence-corrected chi connectivity index (χ0v) is 8.87. The van der Waals surface area contributed by atoms with Gasteiger partial charge in [0.05, 0.1) is 18.6 Å². The summed E-state index contributed by atoms with van der Waals surface area (Å²) in [5.41, 5.74) is 0.795. The van der Waals surface area contributed by atoms with Gasteiger partial charge in [-0.3, -0.25) is 4.68 Å². The van der Waals surface area contributed by atoms with E-state index in [1.54, 1.807) is 30.3 Å². The van der Waals surface area contributed by atoms with E-state index >= 15 is 0 Å². The molecule has 6 nitrogen and oxygen atoms in total. The van der Waals surface area contributed by atoms with Crippen molar-refractivity contribution in [1.82, 2.24) is 19.3 Å². The largest absolute Gasteiger partial charge is 0.478 e. The third kappa shape index (κ3) is 2.10. The molecule has 0 aromatic carbocycles. The molecule has 0 aliphatic rings. The molecule has 0 bridgehead atoms. The molecule has 2 rings (SSSR count). The van der Waals surface area contributed by atoms with Gasteiger partial charge in [0.15, 0.2) is 0 Å². The van der Waals surface area contributed by atoms with Gasteiger partial charge in [0.1, 0.15) is 5.56 Å². The highest BCUT2D eigenvalue weighted by Gasteiger charge is 2.11. The summed E-state index contributed by atoms with van der Waals surface area (Å²) in [6, 6.07) is 0. The molecule has 84 valence electrons. The number of aryl methyl sites for hydroxylation is 3. The van der Waals surface area contributed by atoms with Crippen LogP contribution in [0.1, 0.15) is 16.1 Å². The zero-order valence-electron chi connectivity index (χ0n) is 8.87. The summed E-state index contributed by atoms with van der Waals surface area (Å²) in [5.74, 6) is -0.939. The fourth-order valence-electron chi connectivity index (χ4n) is 1.48. The van der Waals surface area contributed by atoms with E-state index in [2.05, 4.69) is 10.1 Å². The molecule has 0 saturated carbocycles. The van der Waals surface area contributed by atoms with Crippen LogP contribution in [0.15, 0.2) is 24.9 Å². The van der Waals surface area contributed by atoms with Crippen molar-refractivity contribution in [3.63, 3.8) is 0 Å². The first-order chi connectivity index (χ1) is 7.66. The highest BCUT2D eigenvalue weighted by atomic mass is 16.4. The van der Waals surface area contributed by atoms with Crippen molar-refractivity contribution in [3.8, 4) is 0 Å². The number of hydrogen-bond donors (Lipinski definition) is 1. The first-order valence-electron chi connectivity index (χ1n) is 4.90. The smallest absolute Gasteiger partial charge is 0.339 e. The second kappa shape index (κ2) is 4.18. The predicted octanol–water partition coefficient (Wildman–Crippen LogP) is 0.786. The molecule has 0 amide bonds. The molecule has 0 saturated heterocycles. The highest BCUT2D eigenvalue weighted by Crippen LogP contribution is 2.05. The SMILES string of the molecule is Cc1nn(CCn2ccnc2)cc1C(=O)O. The lowest BCUT2D eigenvalue weighted by molar-refractivity contribution is 0.0696. The van der Waals surface area contributed by atoms with Crippen molar-refractivity contribution in [2.45, 2.75) is 20.0 Å². The van der Waals surface area contributed by atoms with Gasteiger partial charge in [0.25, 0.3) is 0 Å². The molecule has 2 aromatic heterocycles. The van der Waals surface area contributed by atoms with Crippen LogP contribution in [0.4, 0.5) is 0 Å². The Morgan fingerprint density at radius 3 is 2.88 bits per heavy atom. The van der Waals surface area contributed by atoms with Crippen LogP contribution in [0.5, 0.6) is 0 Å². The number of rotatable bonds is 4. The molecule has 0 spiro atoms. The summed E-state index contributed by atoms with van der Waals surface area (Å²) in [4.78, 5) is 14.7. The zero-order chi connectivity index (χ0) is 11.5. The van der Waals surface area contributed by atoms with Gasteiger partial charge in [-0.1, -0.05) is 0 Å². The topological polar surface area (TPSA) is 72.9 Å². The van der Waals surface area contributed by atoms with Crippen molar-refractivity contribution in [3.05, 3.63) is 36.2 Å². The van der Waals surface area contributed by atoms with E-state index in [9.17, 15) is 4.79 Å². The Bertz CT molecular complexity index is 487. The summed E-state index contributed by atoms with van der Waals surface area (Å²) in [6.07, 6.45) is 6.83. The number of aromatic nitrogens is 4. The first kappa shape index (κ1) is 10.4. The molecular formula is C10H12N4O2. The van der Waals surface area contributed by atoms with Crippen LogP contribution < -0.4 is 0 Å². The van der Waals surface area contributed by atoms with Gasteiger partial charge in [-0.15, -0.1) is 0 Å². The van der Waals surface area contributed by atoms with E-state index in [1.165, 1.54) is 0 Å². The first-order valence-corrected chi connectivity index (χ1v) is 4.90. The lowest BCUT2D eigenvalue weighted by Crippen LogP contribution is -2.06. The molecule has 16 heavy (non-hydrogen) atoms. The molecule has 0 atom stereocenters. The van der Waals surface area contributed by atoms with Gasteiger partial charge in [-0.05, 0) is 6.92 Å². The molecule has 0 aliphatic carbocycles. The summed E-state index contributed by atoms with van der Waals surface area (Å²) >= 11 is 0. The van der Waals surface area contributed by atoms with E-state index < -0.39 is 5.97 Å². The second-order valence-electron chi connectivity index (χ2n) is 3.50. The van der Waals surface area contributed by atoms with Gasteiger partial charge < -0.3 is 9.67 Å². The monoisotopic (exact) mass is 220 g/mol. The quantitative estimate of drug-likeness (QED) is 0.826. The molecule has 2 aromatic rings. The van der Waals surface area contributed by atoms with Gasteiger partial charge in [-0.25, -0.2) is 9.78 Å². The average Bonchev–Trinajstić information content (AvgIpc) is 2.83. The predicted molar refractivity (Wildman–Crippen MR) is 56.2 cm³/mol. The summed E-state index contributed by atoms with van der Waals surface area (Å²) in [6.45, 7) is 3.04. The maximum Gasteiger partial charge on any atom is 0.339 e. The van der Waals surface area contributed by atoms with E-state index in [0.29, 0.717) is 12.2 Å². The number of imidazole rings is 1. The number of carboxylic acid groups (broad SMARTS) is 1. The normalized spacial score (nSPS) is 10.6. The van der Waals surface area contributed by atoms with E-state index in [4.69, 9.17) is 5.11 Å². The molecule has 0 aliphatic heterocycles. The fourth-order valence-corrected chi connectivity index (χ4v) is 1.48. The minimum absolute atomic E-state index is 0.255. The van der Waals surface area contributed by atoms with Crippen molar-refractivity contribution < 1.29 is 9.90 Å². The Labute approximate surface area is 92.2 Å². The fraction of sp³-hybridized carbons (Fsp3) is 0.300. The molecular weight excluding hydrogens is 208 g/mol. The van der Waals surface area contributed by atoms with Gasteiger partial charge >= 0.3 is 5.97 Å². The Kier molecular flexibility index (Phi) is 2.72. The van der Waals surface area contributed by atoms with Crippen LogP contribution >= 0.6 is 0 Å². The minimum atomic E-state index is -0.939. The van der Waals surface area contributed by atoms with Crippen LogP contribution in [0.2, 0.25) is 0 Å². The van der Waals surface area contributed by atoms with Crippen LogP contribution in [-0.2, 0) is 13.1 Å². The maximum absolute atomic E-state index is 10.8. The molecule has 0 radical (unpaired) electrons. The van der Waals surface area contributed by atoms with E-state index in [1.807, 2.05) is 10.8 Å². The van der Waals surface area contributed by atoms with Crippen LogP contribution in [0.25, 0.3) is 0 Å². The van der Waals surface area contributed by atoms with Gasteiger partial charge in [-0.2, -0.15) is 5.10 Å². The lowest BCUT2D eigenvalue weighted by Gasteiger charge is -2.01. The molecule has 2 heterocycles. The summed E-state index contributed by atoms with van der Waals surface area (Å²) in [7, 11) is 0. The number of carboxylic acids is 1. The Morgan fingerprint density at radius 1 is 1.50 bits per heavy atom. The molecule has 6 heteroatoms. The lowest BCUT2D eigenvalue weighted by atomic mass is 10.3. The van der Waals surface area contributed by atoms with Crippen molar-refractivity contribution in [2.75, 3.05) is 0 Å². The third-order valence-corrected chi connectivity index (χ3v) is 2.32. The van der Waals surface area contributed by atoms with Crippen LogP contribution in [0.3, 0.4) is 0 Å². The Morgan fingerprint density at radius 2 is 2.31 bits per heavy atom. The molecule has 1 N–H and O–H groups in total. The standard InChI is InChI=1S/C10H12N4O2/c1-8-9(10(15)16)6-14(12-8)5-4-13-3-2-11-7-13/h2-3,6-7H,4-5H2,1H3,(H,15,16). The Balaban J connectivity index is 2.05. The summed E-state index contributed by atoms with van der Waals surface area (Å²) < 4.78 is 3.55. The highest BCUT2D eigenvalue weighted by molar-refractivity contribution is 5.88. The Hall–Kier alpha value is -2.11. The van der Waals surface area contributed by atoms with E-state index in [0.717, 1.165) is 6.54 Å².